The van der Waals surface area contributed by atoms with E-state index in [0.717, 1.165) is 35.2 Å². The third-order valence-electron chi connectivity index (χ3n) is 5.89. The molecule has 166 valence electrons. The van der Waals surface area contributed by atoms with Crippen LogP contribution in [0.3, 0.4) is 0 Å². The van der Waals surface area contributed by atoms with E-state index < -0.39 is 6.04 Å². The summed E-state index contributed by atoms with van der Waals surface area (Å²) in [5.41, 5.74) is 5.24. The maximum Gasteiger partial charge on any atom is 0.241 e. The lowest BCUT2D eigenvalue weighted by atomic mass is 10.0. The Kier molecular flexibility index (Phi) is 6.31. The lowest BCUT2D eigenvalue weighted by molar-refractivity contribution is -0.123. The zero-order valence-electron chi connectivity index (χ0n) is 18.5. The number of benzene rings is 3. The van der Waals surface area contributed by atoms with E-state index in [0.29, 0.717) is 19.1 Å². The average Bonchev–Trinajstić information content (AvgIpc) is 3.59. The molecular weight excluding hydrogens is 408 g/mol. The van der Waals surface area contributed by atoms with E-state index in [2.05, 4.69) is 41.1 Å². The minimum Gasteiger partial charge on any atom is -0.352 e. The molecule has 1 saturated carbocycles. The van der Waals surface area contributed by atoms with Crippen molar-refractivity contribution in [2.24, 2.45) is 0 Å². The molecule has 1 fully saturated rings. The number of nitrogens with one attached hydrogen (secondary N) is 2. The minimum absolute atomic E-state index is 0.0293. The Morgan fingerprint density at radius 3 is 2.21 bits per heavy atom. The highest BCUT2D eigenvalue weighted by atomic mass is 16.2. The van der Waals surface area contributed by atoms with Crippen molar-refractivity contribution in [2.45, 2.75) is 38.0 Å². The summed E-state index contributed by atoms with van der Waals surface area (Å²) in [6, 6.07) is 30.4. The van der Waals surface area contributed by atoms with Gasteiger partial charge < -0.3 is 5.32 Å². The largest absolute Gasteiger partial charge is 0.352 e. The van der Waals surface area contributed by atoms with Crippen LogP contribution in [0.25, 0.3) is 11.3 Å². The van der Waals surface area contributed by atoms with Gasteiger partial charge in [0.15, 0.2) is 0 Å². The number of carbonyl (C=O) groups is 1. The monoisotopic (exact) mass is 436 g/mol. The first-order chi connectivity index (χ1) is 16.3. The van der Waals surface area contributed by atoms with E-state index in [9.17, 15) is 4.79 Å². The molecule has 1 unspecified atom stereocenters. The van der Waals surface area contributed by atoms with Crippen LogP contribution in [0.2, 0.25) is 0 Å². The molecule has 5 nitrogen and oxygen atoms in total. The number of rotatable bonds is 9. The number of aromatic nitrogens is 2. The standard InChI is InChI=1S/C28H28N4O/c33-28(30-25-16-17-25)27(23-14-8-3-9-15-23)29-18-24-20-32(19-21-10-4-1-5-11-21)31-26(24)22-12-6-2-7-13-22/h1-15,20,25,27,29H,16-19H2,(H,30,33). The molecule has 3 aromatic carbocycles. The molecule has 1 amide bonds. The van der Waals surface area contributed by atoms with E-state index in [1.54, 1.807) is 0 Å². The second kappa shape index (κ2) is 9.84. The van der Waals surface area contributed by atoms with Crippen molar-refractivity contribution in [3.05, 3.63) is 114 Å². The van der Waals surface area contributed by atoms with Crippen LogP contribution in [0.4, 0.5) is 0 Å². The predicted molar refractivity (Wildman–Crippen MR) is 130 cm³/mol. The summed E-state index contributed by atoms with van der Waals surface area (Å²) in [4.78, 5) is 13.0. The highest BCUT2D eigenvalue weighted by Crippen LogP contribution is 2.25. The molecule has 1 aliphatic carbocycles. The Balaban J connectivity index is 1.41. The van der Waals surface area contributed by atoms with Crippen molar-refractivity contribution in [3.8, 4) is 11.3 Å². The first-order valence-electron chi connectivity index (χ1n) is 11.5. The molecule has 0 spiro atoms. The number of hydrogen-bond donors (Lipinski definition) is 2. The normalized spacial score (nSPS) is 14.1. The zero-order chi connectivity index (χ0) is 22.5. The zero-order valence-corrected chi connectivity index (χ0v) is 18.5. The van der Waals surface area contributed by atoms with Crippen molar-refractivity contribution in [1.29, 1.82) is 0 Å². The van der Waals surface area contributed by atoms with Crippen molar-refractivity contribution in [3.63, 3.8) is 0 Å². The Morgan fingerprint density at radius 1 is 0.909 bits per heavy atom. The predicted octanol–water partition coefficient (Wildman–Crippen LogP) is 4.71. The van der Waals surface area contributed by atoms with Gasteiger partial charge in [-0.1, -0.05) is 91.0 Å². The highest BCUT2D eigenvalue weighted by molar-refractivity contribution is 5.83. The van der Waals surface area contributed by atoms with Crippen LogP contribution < -0.4 is 10.6 Å². The molecule has 0 saturated heterocycles. The van der Waals surface area contributed by atoms with Crippen LogP contribution >= 0.6 is 0 Å². The molecule has 5 heteroatoms. The molecule has 1 atom stereocenters. The van der Waals surface area contributed by atoms with E-state index in [4.69, 9.17) is 5.10 Å². The molecule has 0 radical (unpaired) electrons. The van der Waals surface area contributed by atoms with Crippen molar-refractivity contribution in [2.75, 3.05) is 0 Å². The molecular formula is C28H28N4O. The van der Waals surface area contributed by atoms with E-state index >= 15 is 0 Å². The van der Waals surface area contributed by atoms with Gasteiger partial charge in [0.05, 0.1) is 12.2 Å². The summed E-state index contributed by atoms with van der Waals surface area (Å²) < 4.78 is 1.98. The summed E-state index contributed by atoms with van der Waals surface area (Å²) in [5.74, 6) is 0.0293. The first kappa shape index (κ1) is 21.2. The van der Waals surface area contributed by atoms with Gasteiger partial charge in [-0.15, -0.1) is 0 Å². The lowest BCUT2D eigenvalue weighted by Crippen LogP contribution is -2.38. The van der Waals surface area contributed by atoms with Gasteiger partial charge in [0, 0.05) is 29.9 Å². The first-order valence-corrected chi connectivity index (χ1v) is 11.5. The summed E-state index contributed by atoms with van der Waals surface area (Å²) in [7, 11) is 0. The van der Waals surface area contributed by atoms with Gasteiger partial charge in [-0.2, -0.15) is 5.10 Å². The second-order valence-electron chi connectivity index (χ2n) is 8.56. The number of hydrogen-bond acceptors (Lipinski definition) is 3. The lowest BCUT2D eigenvalue weighted by Gasteiger charge is -2.19. The van der Waals surface area contributed by atoms with Gasteiger partial charge >= 0.3 is 0 Å². The highest BCUT2D eigenvalue weighted by Gasteiger charge is 2.28. The molecule has 5 rings (SSSR count). The van der Waals surface area contributed by atoms with Crippen molar-refractivity contribution < 1.29 is 4.79 Å². The maximum atomic E-state index is 13.0. The van der Waals surface area contributed by atoms with Gasteiger partial charge in [-0.3, -0.25) is 14.8 Å². The van der Waals surface area contributed by atoms with Gasteiger partial charge in [0.25, 0.3) is 0 Å². The number of nitrogens with zero attached hydrogens (tertiary/aromatic N) is 2. The molecule has 1 aliphatic rings. The van der Waals surface area contributed by atoms with Crippen LogP contribution in [-0.2, 0) is 17.9 Å². The quantitative estimate of drug-likeness (QED) is 0.400. The number of amides is 1. The van der Waals surface area contributed by atoms with E-state index in [1.807, 2.05) is 71.4 Å². The third-order valence-corrected chi connectivity index (χ3v) is 5.89. The van der Waals surface area contributed by atoms with Crippen LogP contribution in [0.1, 0.15) is 35.6 Å². The van der Waals surface area contributed by atoms with Crippen LogP contribution in [0.5, 0.6) is 0 Å². The molecule has 2 N–H and O–H groups in total. The Hall–Kier alpha value is -3.70. The molecule has 1 heterocycles. The Morgan fingerprint density at radius 2 is 1.55 bits per heavy atom. The van der Waals surface area contributed by atoms with Gasteiger partial charge in [-0.25, -0.2) is 0 Å². The van der Waals surface area contributed by atoms with Gasteiger partial charge in [-0.05, 0) is 24.0 Å². The Labute approximate surface area is 194 Å². The maximum absolute atomic E-state index is 13.0. The molecule has 1 aromatic heterocycles. The smallest absolute Gasteiger partial charge is 0.241 e. The van der Waals surface area contributed by atoms with Crippen LogP contribution in [0.15, 0.2) is 97.2 Å². The van der Waals surface area contributed by atoms with Crippen LogP contribution in [0, 0.1) is 0 Å². The molecule has 0 aliphatic heterocycles. The Bertz CT molecular complexity index is 1180. The molecule has 0 bridgehead atoms. The molecule has 33 heavy (non-hydrogen) atoms. The fraction of sp³-hybridized carbons (Fsp3) is 0.214. The second-order valence-corrected chi connectivity index (χ2v) is 8.56. The van der Waals surface area contributed by atoms with Crippen molar-refractivity contribution >= 4 is 5.91 Å². The fourth-order valence-electron chi connectivity index (χ4n) is 4.01. The third kappa shape index (κ3) is 5.38. The van der Waals surface area contributed by atoms with Gasteiger partial charge in [0.2, 0.25) is 5.91 Å². The topological polar surface area (TPSA) is 59.0 Å². The summed E-state index contributed by atoms with van der Waals surface area (Å²) >= 11 is 0. The van der Waals surface area contributed by atoms with Gasteiger partial charge in [0.1, 0.15) is 6.04 Å². The summed E-state index contributed by atoms with van der Waals surface area (Å²) in [6.45, 7) is 1.24. The van der Waals surface area contributed by atoms with E-state index in [1.165, 1.54) is 5.56 Å². The minimum atomic E-state index is -0.409. The van der Waals surface area contributed by atoms with Crippen LogP contribution in [-0.4, -0.2) is 21.7 Å². The summed E-state index contributed by atoms with van der Waals surface area (Å²) in [5, 5.41) is 11.6. The average molecular weight is 437 g/mol. The number of carbonyl (C=O) groups excluding carboxylic acids is 1. The summed E-state index contributed by atoms with van der Waals surface area (Å²) in [6.07, 6.45) is 4.22. The fourth-order valence-corrected chi connectivity index (χ4v) is 4.01. The van der Waals surface area contributed by atoms with Crippen molar-refractivity contribution in [1.82, 2.24) is 20.4 Å². The van der Waals surface area contributed by atoms with E-state index in [-0.39, 0.29) is 5.91 Å². The SMILES string of the molecule is O=C(NC1CC1)C(NCc1cn(Cc2ccccc2)nc1-c1ccccc1)c1ccccc1. The molecule has 4 aromatic rings.